The summed E-state index contributed by atoms with van der Waals surface area (Å²) in [7, 11) is 1.54. The van der Waals surface area contributed by atoms with Crippen molar-refractivity contribution in [2.75, 3.05) is 26.9 Å². The van der Waals surface area contributed by atoms with Gasteiger partial charge in [0.25, 0.3) is 5.91 Å². The highest BCUT2D eigenvalue weighted by atomic mass is 32.1. The number of nitrogens with one attached hydrogen (secondary N) is 1. The maximum atomic E-state index is 12.9. The average molecular weight is 461 g/mol. The van der Waals surface area contributed by atoms with Gasteiger partial charge in [0.2, 0.25) is 0 Å². The van der Waals surface area contributed by atoms with E-state index < -0.39 is 6.10 Å². The molecule has 0 bridgehead atoms. The van der Waals surface area contributed by atoms with Gasteiger partial charge in [0.1, 0.15) is 12.7 Å². The van der Waals surface area contributed by atoms with Crippen LogP contribution < -0.4 is 14.8 Å². The molecule has 1 unspecified atom stereocenters. The van der Waals surface area contributed by atoms with Crippen LogP contribution in [0.2, 0.25) is 0 Å². The molecule has 0 aliphatic carbocycles. The number of amides is 1. The summed E-state index contributed by atoms with van der Waals surface area (Å²) in [6.07, 6.45) is 5.16. The SMILES string of the molecule is C#CCOC(C(=O)NCCc1ccc(OCC#N)c(OC)c1)c1ccc(-c2ccccc2)s1. The van der Waals surface area contributed by atoms with Crippen LogP contribution in [-0.4, -0.2) is 32.8 Å². The number of nitriles is 1. The molecule has 0 fully saturated rings. The van der Waals surface area contributed by atoms with E-state index in [0.29, 0.717) is 24.5 Å². The molecule has 1 N–H and O–H groups in total. The number of hydrogen-bond donors (Lipinski definition) is 1. The summed E-state index contributed by atoms with van der Waals surface area (Å²) in [5.74, 6) is 3.23. The van der Waals surface area contributed by atoms with Crippen LogP contribution in [0.1, 0.15) is 16.5 Å². The zero-order chi connectivity index (χ0) is 23.5. The van der Waals surface area contributed by atoms with E-state index in [2.05, 4.69) is 11.2 Å². The summed E-state index contributed by atoms with van der Waals surface area (Å²) >= 11 is 1.51. The second-order valence-electron chi connectivity index (χ2n) is 6.94. The Balaban J connectivity index is 1.64. The van der Waals surface area contributed by atoms with E-state index in [1.165, 1.54) is 18.4 Å². The van der Waals surface area contributed by atoms with Gasteiger partial charge >= 0.3 is 0 Å². The fraction of sp³-hybridized carbons (Fsp3) is 0.231. The van der Waals surface area contributed by atoms with Crippen LogP contribution in [-0.2, 0) is 16.0 Å². The van der Waals surface area contributed by atoms with E-state index in [-0.39, 0.29) is 19.1 Å². The average Bonchev–Trinajstić information content (AvgIpc) is 3.34. The number of ether oxygens (including phenoxy) is 3. The van der Waals surface area contributed by atoms with Gasteiger partial charge in [-0.1, -0.05) is 42.3 Å². The Hall–Kier alpha value is -3.78. The predicted octanol–water partition coefficient (Wildman–Crippen LogP) is 4.38. The van der Waals surface area contributed by atoms with Gasteiger partial charge < -0.3 is 19.5 Å². The van der Waals surface area contributed by atoms with E-state index in [9.17, 15) is 4.79 Å². The van der Waals surface area contributed by atoms with Gasteiger partial charge in [0.05, 0.1) is 7.11 Å². The number of benzene rings is 2. The monoisotopic (exact) mass is 460 g/mol. The number of carbonyl (C=O) groups is 1. The highest BCUT2D eigenvalue weighted by molar-refractivity contribution is 7.15. The van der Waals surface area contributed by atoms with Crippen LogP contribution in [0.4, 0.5) is 0 Å². The Bertz CT molecular complexity index is 1150. The maximum Gasteiger partial charge on any atom is 0.254 e. The largest absolute Gasteiger partial charge is 0.493 e. The smallest absolute Gasteiger partial charge is 0.254 e. The number of methoxy groups -OCH3 is 1. The Morgan fingerprint density at radius 2 is 1.94 bits per heavy atom. The summed E-state index contributed by atoms with van der Waals surface area (Å²) in [6.45, 7) is 0.394. The van der Waals surface area contributed by atoms with Gasteiger partial charge in [-0.15, -0.1) is 17.8 Å². The molecule has 168 valence electrons. The van der Waals surface area contributed by atoms with Crippen LogP contribution in [0.15, 0.2) is 60.7 Å². The van der Waals surface area contributed by atoms with Crippen molar-refractivity contribution in [3.05, 3.63) is 71.1 Å². The van der Waals surface area contributed by atoms with Gasteiger partial charge in [-0.2, -0.15) is 5.26 Å². The molecule has 0 radical (unpaired) electrons. The molecule has 3 aromatic rings. The molecule has 1 amide bonds. The van der Waals surface area contributed by atoms with Crippen LogP contribution in [0.3, 0.4) is 0 Å². The molecule has 0 aliphatic heterocycles. The van der Waals surface area contributed by atoms with Crippen molar-refractivity contribution in [2.24, 2.45) is 0 Å². The second kappa shape index (κ2) is 12.3. The molecule has 0 spiro atoms. The van der Waals surface area contributed by atoms with E-state index in [1.807, 2.05) is 60.7 Å². The molecular weight excluding hydrogens is 436 g/mol. The Labute approximate surface area is 197 Å². The minimum Gasteiger partial charge on any atom is -0.493 e. The summed E-state index contributed by atoms with van der Waals surface area (Å²) in [5, 5.41) is 11.6. The van der Waals surface area contributed by atoms with Crippen LogP contribution in [0, 0.1) is 23.7 Å². The Kier molecular flexibility index (Phi) is 8.90. The summed E-state index contributed by atoms with van der Waals surface area (Å²) in [4.78, 5) is 14.8. The number of hydrogen-bond acceptors (Lipinski definition) is 6. The summed E-state index contributed by atoms with van der Waals surface area (Å²) in [6, 6.07) is 21.2. The molecule has 0 aliphatic rings. The lowest BCUT2D eigenvalue weighted by Crippen LogP contribution is -2.32. The predicted molar refractivity (Wildman–Crippen MR) is 128 cm³/mol. The third-order valence-corrected chi connectivity index (χ3v) is 5.93. The molecular formula is C26H24N2O4S. The first-order valence-electron chi connectivity index (χ1n) is 10.3. The summed E-state index contributed by atoms with van der Waals surface area (Å²) < 4.78 is 16.4. The number of nitrogens with zero attached hydrogens (tertiary/aromatic N) is 1. The molecule has 0 saturated heterocycles. The van der Waals surface area contributed by atoms with Crippen LogP contribution in [0.5, 0.6) is 11.5 Å². The van der Waals surface area contributed by atoms with Gasteiger partial charge in [-0.25, -0.2) is 0 Å². The van der Waals surface area contributed by atoms with Gasteiger partial charge in [0.15, 0.2) is 24.2 Å². The third kappa shape index (κ3) is 6.60. The Morgan fingerprint density at radius 1 is 1.12 bits per heavy atom. The lowest BCUT2D eigenvalue weighted by molar-refractivity contribution is -0.132. The second-order valence-corrected chi connectivity index (χ2v) is 8.05. The normalized spacial score (nSPS) is 11.1. The molecule has 1 heterocycles. The van der Waals surface area contributed by atoms with Crippen molar-refractivity contribution < 1.29 is 19.0 Å². The fourth-order valence-corrected chi connectivity index (χ4v) is 4.25. The standard InChI is InChI=1S/C26H24N2O4S/c1-3-16-32-25(24-12-11-23(33-24)20-7-5-4-6-8-20)26(29)28-15-13-19-9-10-21(31-17-14-27)22(18-19)30-2/h1,4-12,18,25H,13,15-17H2,2H3,(H,28,29). The van der Waals surface area contributed by atoms with E-state index in [0.717, 1.165) is 20.9 Å². The van der Waals surface area contributed by atoms with Gasteiger partial charge in [-0.05, 0) is 41.8 Å². The van der Waals surface area contributed by atoms with E-state index in [1.54, 1.807) is 6.07 Å². The first-order valence-corrected chi connectivity index (χ1v) is 11.1. The highest BCUT2D eigenvalue weighted by Crippen LogP contribution is 2.33. The lowest BCUT2D eigenvalue weighted by Gasteiger charge is -2.15. The van der Waals surface area contributed by atoms with Crippen molar-refractivity contribution in [1.82, 2.24) is 5.32 Å². The topological polar surface area (TPSA) is 80.6 Å². The molecule has 1 atom stereocenters. The van der Waals surface area contributed by atoms with Gasteiger partial charge in [-0.3, -0.25) is 4.79 Å². The van der Waals surface area contributed by atoms with Crippen molar-refractivity contribution in [2.45, 2.75) is 12.5 Å². The molecule has 7 heteroatoms. The fourth-order valence-electron chi connectivity index (χ4n) is 3.19. The van der Waals surface area contributed by atoms with E-state index >= 15 is 0 Å². The van der Waals surface area contributed by atoms with Crippen molar-refractivity contribution in [3.8, 4) is 40.4 Å². The Morgan fingerprint density at radius 3 is 2.67 bits per heavy atom. The van der Waals surface area contributed by atoms with Crippen LogP contribution in [0.25, 0.3) is 10.4 Å². The minimum absolute atomic E-state index is 0.0397. The maximum absolute atomic E-state index is 12.9. The quantitative estimate of drug-likeness (QED) is 0.430. The molecule has 2 aromatic carbocycles. The van der Waals surface area contributed by atoms with E-state index in [4.69, 9.17) is 25.9 Å². The highest BCUT2D eigenvalue weighted by Gasteiger charge is 2.23. The van der Waals surface area contributed by atoms with Crippen molar-refractivity contribution in [1.29, 1.82) is 5.26 Å². The first kappa shape index (κ1) is 23.9. The molecule has 33 heavy (non-hydrogen) atoms. The molecule has 3 rings (SSSR count). The van der Waals surface area contributed by atoms with Crippen LogP contribution >= 0.6 is 11.3 Å². The summed E-state index contributed by atoms with van der Waals surface area (Å²) in [5.41, 5.74) is 2.04. The number of terminal acetylenes is 1. The molecule has 6 nitrogen and oxygen atoms in total. The lowest BCUT2D eigenvalue weighted by atomic mass is 10.1. The zero-order valence-corrected chi connectivity index (χ0v) is 19.1. The van der Waals surface area contributed by atoms with Gasteiger partial charge in [0, 0.05) is 16.3 Å². The molecule has 1 aromatic heterocycles. The molecule has 0 saturated carbocycles. The third-order valence-electron chi connectivity index (χ3n) is 4.75. The van der Waals surface area contributed by atoms with Crippen molar-refractivity contribution in [3.63, 3.8) is 0 Å². The minimum atomic E-state index is -0.778. The first-order chi connectivity index (χ1) is 16.2. The van der Waals surface area contributed by atoms with Crippen molar-refractivity contribution >= 4 is 17.2 Å². The zero-order valence-electron chi connectivity index (χ0n) is 18.2. The number of carbonyl (C=O) groups excluding carboxylic acids is 1. The number of thiophene rings is 1. The number of rotatable bonds is 11.